The molecule has 11 rings (SSSR count). The summed E-state index contributed by atoms with van der Waals surface area (Å²) in [4.78, 5) is 2.77. The van der Waals surface area contributed by atoms with Gasteiger partial charge in [-0.2, -0.15) is 0 Å². The van der Waals surface area contributed by atoms with Crippen molar-refractivity contribution >= 4 is 43.7 Å². The molecule has 1 fully saturated rings. The van der Waals surface area contributed by atoms with E-state index in [1.165, 1.54) is 108 Å². The van der Waals surface area contributed by atoms with Crippen LogP contribution in [-0.2, 0) is 10.8 Å². The summed E-state index contributed by atoms with van der Waals surface area (Å²) in [6.07, 6.45) is 4.91. The third kappa shape index (κ3) is 3.73. The monoisotopic (exact) mass is 667 g/mol. The highest BCUT2D eigenvalue weighted by Crippen LogP contribution is 2.63. The molecule has 0 spiro atoms. The van der Waals surface area contributed by atoms with E-state index in [4.69, 9.17) is 0 Å². The van der Waals surface area contributed by atoms with Gasteiger partial charge in [-0.15, -0.1) is 0 Å². The van der Waals surface area contributed by atoms with Gasteiger partial charge in [0.2, 0.25) is 0 Å². The maximum absolute atomic E-state index is 2.77. The Morgan fingerprint density at radius 2 is 1.10 bits per heavy atom. The summed E-state index contributed by atoms with van der Waals surface area (Å²) in [6.45, 7) is 5.11. The lowest BCUT2D eigenvalue weighted by molar-refractivity contribution is 0.195. The third-order valence-corrected chi connectivity index (χ3v) is 13.7. The fourth-order valence-corrected chi connectivity index (χ4v) is 11.0. The summed E-state index contributed by atoms with van der Waals surface area (Å²) >= 11 is 0. The van der Waals surface area contributed by atoms with E-state index < -0.39 is 5.41 Å². The van der Waals surface area contributed by atoms with E-state index in [-0.39, 0.29) is 11.0 Å². The van der Waals surface area contributed by atoms with Gasteiger partial charge in [-0.05, 0) is 115 Å². The van der Waals surface area contributed by atoms with Gasteiger partial charge in [0.15, 0.2) is 0 Å². The molecular weight excluding hydrogens is 627 g/mol. The van der Waals surface area contributed by atoms with Crippen molar-refractivity contribution in [3.05, 3.63) is 192 Å². The van der Waals surface area contributed by atoms with Crippen LogP contribution in [0, 0.1) is 0 Å². The highest BCUT2D eigenvalue weighted by Gasteiger charge is 2.58. The van der Waals surface area contributed by atoms with Crippen molar-refractivity contribution in [2.24, 2.45) is 0 Å². The van der Waals surface area contributed by atoms with Crippen molar-refractivity contribution in [3.63, 3.8) is 0 Å². The lowest BCUT2D eigenvalue weighted by Crippen LogP contribution is -2.54. The first-order valence-electron chi connectivity index (χ1n) is 19.1. The normalized spacial score (nSPS) is 21.2. The topological polar surface area (TPSA) is 3.24 Å². The van der Waals surface area contributed by atoms with Crippen LogP contribution in [0.25, 0.3) is 43.4 Å². The number of fused-ring (bicyclic) bond motifs is 11. The molecule has 2 aliphatic carbocycles. The highest BCUT2D eigenvalue weighted by atomic mass is 15.3. The summed E-state index contributed by atoms with van der Waals surface area (Å²) in [7, 11) is 0. The van der Waals surface area contributed by atoms with E-state index in [2.05, 4.69) is 183 Å². The molecule has 0 N–H and O–H groups in total. The minimum Gasteiger partial charge on any atom is -0.334 e. The van der Waals surface area contributed by atoms with Gasteiger partial charge in [0.1, 0.15) is 0 Å². The van der Waals surface area contributed by atoms with Crippen molar-refractivity contribution in [1.82, 2.24) is 0 Å². The SMILES string of the molecule is CC12CCCCC1(C)N(c1ccc3c(c1)C(c1ccccc1)(c1ccccc1)c1ccc4c(ccc5ccccc54)c1-3)c1cc3ccccc3cc12. The molecule has 8 aromatic carbocycles. The minimum absolute atomic E-state index is 0.0432. The van der Waals surface area contributed by atoms with E-state index in [1.54, 1.807) is 0 Å². The smallest absolute Gasteiger partial charge is 0.0714 e. The van der Waals surface area contributed by atoms with E-state index in [0.29, 0.717) is 0 Å². The maximum atomic E-state index is 2.77. The van der Waals surface area contributed by atoms with Gasteiger partial charge >= 0.3 is 0 Å². The molecule has 1 aliphatic heterocycles. The lowest BCUT2D eigenvalue weighted by atomic mass is 9.61. The standard InChI is InChI=1S/C51H41N/c1-49-29-13-14-30-50(49,2)52(47-32-36-17-10-9-16-35(36)31-46(47)49)39-24-26-43-45(33-39)51(37-18-5-3-6-19-37,38-20-7-4-8-21-38)44-28-27-41-40-22-12-11-15-34(40)23-25-42(41)48(43)44/h3-12,15-28,31-33H,13-14,29-30H2,1-2H3. The van der Waals surface area contributed by atoms with Crippen molar-refractivity contribution in [3.8, 4) is 11.1 Å². The number of hydrogen-bond donors (Lipinski definition) is 0. The largest absolute Gasteiger partial charge is 0.334 e. The predicted molar refractivity (Wildman–Crippen MR) is 219 cm³/mol. The molecule has 0 bridgehead atoms. The summed E-state index contributed by atoms with van der Waals surface area (Å²) in [5.74, 6) is 0. The van der Waals surface area contributed by atoms with Crippen LogP contribution in [0.15, 0.2) is 164 Å². The Balaban J connectivity index is 1.25. The average molecular weight is 668 g/mol. The summed E-state index contributed by atoms with van der Waals surface area (Å²) in [5, 5.41) is 7.88. The second-order valence-electron chi connectivity index (χ2n) is 15.9. The van der Waals surface area contributed by atoms with E-state index in [1.807, 2.05) is 0 Å². The first-order valence-corrected chi connectivity index (χ1v) is 19.1. The first-order chi connectivity index (χ1) is 25.5. The van der Waals surface area contributed by atoms with Gasteiger partial charge in [-0.25, -0.2) is 0 Å². The van der Waals surface area contributed by atoms with Gasteiger partial charge in [0.05, 0.1) is 11.0 Å². The molecule has 52 heavy (non-hydrogen) atoms. The number of benzene rings is 8. The Morgan fingerprint density at radius 1 is 0.462 bits per heavy atom. The number of anilines is 2. The summed E-state index contributed by atoms with van der Waals surface area (Å²) < 4.78 is 0. The second kappa shape index (κ2) is 10.7. The molecule has 1 heteroatoms. The van der Waals surface area contributed by atoms with Gasteiger partial charge < -0.3 is 4.90 Å². The molecule has 250 valence electrons. The van der Waals surface area contributed by atoms with Gasteiger partial charge in [0.25, 0.3) is 0 Å². The molecule has 0 radical (unpaired) electrons. The van der Waals surface area contributed by atoms with Crippen molar-refractivity contribution in [2.75, 3.05) is 4.90 Å². The summed E-state index contributed by atoms with van der Waals surface area (Å²) in [5.41, 5.74) is 11.7. The lowest BCUT2D eigenvalue weighted by Gasteiger charge is -2.50. The van der Waals surface area contributed by atoms with E-state index in [9.17, 15) is 0 Å². The molecule has 8 aromatic rings. The Morgan fingerprint density at radius 3 is 1.85 bits per heavy atom. The Labute approximate surface area is 306 Å². The van der Waals surface area contributed by atoms with Crippen molar-refractivity contribution < 1.29 is 0 Å². The number of hydrogen-bond acceptors (Lipinski definition) is 1. The zero-order chi connectivity index (χ0) is 34.7. The third-order valence-electron chi connectivity index (χ3n) is 13.7. The number of nitrogens with zero attached hydrogens (tertiary/aromatic N) is 1. The molecule has 0 saturated heterocycles. The zero-order valence-corrected chi connectivity index (χ0v) is 29.9. The van der Waals surface area contributed by atoms with Gasteiger partial charge in [-0.3, -0.25) is 0 Å². The molecule has 1 nitrogen and oxygen atoms in total. The van der Waals surface area contributed by atoms with Gasteiger partial charge in [-0.1, -0.05) is 159 Å². The first kappa shape index (κ1) is 30.0. The Bertz CT molecular complexity index is 2690. The molecular formula is C51H41N. The van der Waals surface area contributed by atoms with Crippen LogP contribution >= 0.6 is 0 Å². The van der Waals surface area contributed by atoms with E-state index >= 15 is 0 Å². The van der Waals surface area contributed by atoms with E-state index in [0.717, 1.165) is 0 Å². The molecule has 1 saturated carbocycles. The fraction of sp³-hybridized carbons (Fsp3) is 0.176. The van der Waals surface area contributed by atoms with Crippen molar-refractivity contribution in [1.29, 1.82) is 0 Å². The van der Waals surface area contributed by atoms with Crippen molar-refractivity contribution in [2.45, 2.75) is 55.9 Å². The Hall–Kier alpha value is -5.66. The quantitative estimate of drug-likeness (QED) is 0.170. The predicted octanol–water partition coefficient (Wildman–Crippen LogP) is 13.3. The zero-order valence-electron chi connectivity index (χ0n) is 29.9. The van der Waals surface area contributed by atoms with Crippen LogP contribution in [0.5, 0.6) is 0 Å². The van der Waals surface area contributed by atoms with Crippen LogP contribution in [0.1, 0.15) is 67.3 Å². The number of rotatable bonds is 3. The molecule has 3 aliphatic rings. The van der Waals surface area contributed by atoms with Crippen LogP contribution in [-0.4, -0.2) is 5.54 Å². The second-order valence-corrected chi connectivity index (χ2v) is 15.9. The molecule has 0 amide bonds. The maximum Gasteiger partial charge on any atom is 0.0714 e. The minimum atomic E-state index is -0.480. The highest BCUT2D eigenvalue weighted by molar-refractivity contribution is 6.14. The average Bonchev–Trinajstić information content (AvgIpc) is 3.60. The van der Waals surface area contributed by atoms with Crippen LogP contribution in [0.2, 0.25) is 0 Å². The fourth-order valence-electron chi connectivity index (χ4n) is 11.0. The molecule has 1 heterocycles. The Kier molecular flexibility index (Phi) is 6.17. The van der Waals surface area contributed by atoms with Crippen LogP contribution in [0.3, 0.4) is 0 Å². The summed E-state index contributed by atoms with van der Waals surface area (Å²) in [6, 6.07) is 62.3. The van der Waals surface area contributed by atoms with Crippen LogP contribution < -0.4 is 4.90 Å². The molecule has 2 unspecified atom stereocenters. The molecule has 2 atom stereocenters. The van der Waals surface area contributed by atoms with Crippen LogP contribution in [0.4, 0.5) is 11.4 Å². The molecule has 0 aromatic heterocycles. The van der Waals surface area contributed by atoms with Gasteiger partial charge in [0, 0.05) is 16.8 Å².